The molecule has 0 unspecified atom stereocenters. The first-order valence-electron chi connectivity index (χ1n) is 8.15. The standard InChI is InChI=1S/C20H25NO3/c1-20(2,3)15-6-8-18-14(10-15)12-21(13-24-18)17-11-16(22-4)7-9-19(17)23-5/h6-11H,12-13H2,1-5H3. The third-order valence-corrected chi connectivity index (χ3v) is 4.39. The smallest absolute Gasteiger partial charge is 0.161 e. The van der Waals surface area contributed by atoms with Crippen molar-refractivity contribution in [3.8, 4) is 17.2 Å². The van der Waals surface area contributed by atoms with Crippen LogP contribution in [-0.2, 0) is 12.0 Å². The van der Waals surface area contributed by atoms with Crippen LogP contribution in [0.3, 0.4) is 0 Å². The van der Waals surface area contributed by atoms with Gasteiger partial charge >= 0.3 is 0 Å². The Labute approximate surface area is 144 Å². The SMILES string of the molecule is COc1ccc(OC)c(N2COc3ccc(C(C)(C)C)cc3C2)c1. The molecule has 2 aromatic carbocycles. The first-order valence-corrected chi connectivity index (χ1v) is 8.15. The van der Waals surface area contributed by atoms with E-state index in [4.69, 9.17) is 14.2 Å². The van der Waals surface area contributed by atoms with Crippen molar-refractivity contribution in [3.05, 3.63) is 47.5 Å². The lowest BCUT2D eigenvalue weighted by Crippen LogP contribution is -2.32. The lowest BCUT2D eigenvalue weighted by molar-refractivity contribution is 0.286. The highest BCUT2D eigenvalue weighted by Gasteiger charge is 2.23. The number of rotatable bonds is 3. The Hall–Kier alpha value is -2.36. The van der Waals surface area contributed by atoms with Gasteiger partial charge in [-0.1, -0.05) is 26.8 Å². The highest BCUT2D eigenvalue weighted by atomic mass is 16.5. The van der Waals surface area contributed by atoms with Gasteiger partial charge in [0.15, 0.2) is 6.73 Å². The molecule has 0 saturated heterocycles. The number of hydrogen-bond donors (Lipinski definition) is 0. The van der Waals surface area contributed by atoms with Gasteiger partial charge in [-0.2, -0.15) is 0 Å². The molecule has 0 aliphatic carbocycles. The molecule has 0 spiro atoms. The van der Waals surface area contributed by atoms with Gasteiger partial charge in [0.1, 0.15) is 17.2 Å². The molecular weight excluding hydrogens is 302 g/mol. The van der Waals surface area contributed by atoms with E-state index in [-0.39, 0.29) is 5.41 Å². The van der Waals surface area contributed by atoms with Crippen molar-refractivity contribution in [1.29, 1.82) is 0 Å². The van der Waals surface area contributed by atoms with Gasteiger partial charge in [-0.05, 0) is 35.2 Å². The first-order chi connectivity index (χ1) is 11.4. The fourth-order valence-corrected chi connectivity index (χ4v) is 2.91. The summed E-state index contributed by atoms with van der Waals surface area (Å²) in [5, 5.41) is 0. The molecular formula is C20H25NO3. The lowest BCUT2D eigenvalue weighted by Gasteiger charge is -2.33. The third kappa shape index (κ3) is 3.14. The second-order valence-electron chi connectivity index (χ2n) is 7.08. The number of fused-ring (bicyclic) bond motifs is 1. The molecule has 24 heavy (non-hydrogen) atoms. The summed E-state index contributed by atoms with van der Waals surface area (Å²) in [6.45, 7) is 7.94. The van der Waals surface area contributed by atoms with Crippen LogP contribution in [0.1, 0.15) is 31.9 Å². The van der Waals surface area contributed by atoms with E-state index in [1.54, 1.807) is 14.2 Å². The van der Waals surface area contributed by atoms with Gasteiger partial charge in [-0.3, -0.25) is 0 Å². The van der Waals surface area contributed by atoms with Gasteiger partial charge in [-0.25, -0.2) is 0 Å². The van der Waals surface area contributed by atoms with Crippen molar-refractivity contribution >= 4 is 5.69 Å². The summed E-state index contributed by atoms with van der Waals surface area (Å²) in [5.41, 5.74) is 3.59. The largest absolute Gasteiger partial charge is 0.497 e. The van der Waals surface area contributed by atoms with E-state index in [1.165, 1.54) is 11.1 Å². The highest BCUT2D eigenvalue weighted by Crippen LogP contribution is 2.37. The van der Waals surface area contributed by atoms with Crippen LogP contribution < -0.4 is 19.1 Å². The van der Waals surface area contributed by atoms with Crippen molar-refractivity contribution in [2.75, 3.05) is 25.9 Å². The second kappa shape index (κ2) is 6.27. The molecule has 0 saturated carbocycles. The number of benzene rings is 2. The zero-order chi connectivity index (χ0) is 17.3. The molecule has 0 N–H and O–H groups in total. The quantitative estimate of drug-likeness (QED) is 0.838. The Bertz CT molecular complexity index is 734. The summed E-state index contributed by atoms with van der Waals surface area (Å²) < 4.78 is 16.8. The van der Waals surface area contributed by atoms with Gasteiger partial charge in [0, 0.05) is 18.2 Å². The van der Waals surface area contributed by atoms with Gasteiger partial charge in [-0.15, -0.1) is 0 Å². The molecule has 4 heteroatoms. The van der Waals surface area contributed by atoms with Crippen LogP contribution in [0, 0.1) is 0 Å². The number of anilines is 1. The molecule has 0 bridgehead atoms. The summed E-state index contributed by atoms with van der Waals surface area (Å²) in [4.78, 5) is 2.16. The van der Waals surface area contributed by atoms with Crippen LogP contribution in [0.4, 0.5) is 5.69 Å². The summed E-state index contributed by atoms with van der Waals surface area (Å²) in [6.07, 6.45) is 0. The fraction of sp³-hybridized carbons (Fsp3) is 0.400. The maximum absolute atomic E-state index is 5.96. The first kappa shape index (κ1) is 16.5. The van der Waals surface area contributed by atoms with E-state index in [1.807, 2.05) is 18.2 Å². The van der Waals surface area contributed by atoms with E-state index in [0.29, 0.717) is 6.73 Å². The molecule has 0 aromatic heterocycles. The van der Waals surface area contributed by atoms with Crippen molar-refractivity contribution in [1.82, 2.24) is 0 Å². The van der Waals surface area contributed by atoms with Crippen molar-refractivity contribution < 1.29 is 14.2 Å². The van der Waals surface area contributed by atoms with Gasteiger partial charge in [0.25, 0.3) is 0 Å². The van der Waals surface area contributed by atoms with Gasteiger partial charge in [0.2, 0.25) is 0 Å². The average molecular weight is 327 g/mol. The van der Waals surface area contributed by atoms with E-state index in [2.05, 4.69) is 43.9 Å². The maximum Gasteiger partial charge on any atom is 0.161 e. The Morgan fingerprint density at radius 1 is 1.00 bits per heavy atom. The molecule has 128 valence electrons. The molecule has 0 fully saturated rings. The van der Waals surface area contributed by atoms with Crippen LogP contribution in [0.15, 0.2) is 36.4 Å². The number of ether oxygens (including phenoxy) is 3. The molecule has 0 atom stereocenters. The molecule has 1 heterocycles. The predicted octanol–water partition coefficient (Wildman–Crippen LogP) is 4.36. The Morgan fingerprint density at radius 2 is 1.79 bits per heavy atom. The zero-order valence-electron chi connectivity index (χ0n) is 15.1. The summed E-state index contributed by atoms with van der Waals surface area (Å²) in [7, 11) is 3.35. The molecule has 0 amide bonds. The topological polar surface area (TPSA) is 30.9 Å². The van der Waals surface area contributed by atoms with Crippen LogP contribution in [0.25, 0.3) is 0 Å². The minimum atomic E-state index is 0.116. The van der Waals surface area contributed by atoms with Crippen LogP contribution >= 0.6 is 0 Å². The summed E-state index contributed by atoms with van der Waals surface area (Å²) >= 11 is 0. The van der Waals surface area contributed by atoms with E-state index in [9.17, 15) is 0 Å². The number of methoxy groups -OCH3 is 2. The fourth-order valence-electron chi connectivity index (χ4n) is 2.91. The molecule has 0 radical (unpaired) electrons. The summed E-state index contributed by atoms with van der Waals surface area (Å²) in [6, 6.07) is 12.3. The molecule has 2 aromatic rings. The predicted molar refractivity (Wildman–Crippen MR) is 96.4 cm³/mol. The van der Waals surface area contributed by atoms with Crippen LogP contribution in [0.5, 0.6) is 17.2 Å². The van der Waals surface area contributed by atoms with Crippen molar-refractivity contribution in [2.45, 2.75) is 32.7 Å². The maximum atomic E-state index is 5.96. The van der Waals surface area contributed by atoms with E-state index < -0.39 is 0 Å². The molecule has 4 nitrogen and oxygen atoms in total. The molecule has 1 aliphatic heterocycles. The van der Waals surface area contributed by atoms with Crippen molar-refractivity contribution in [2.24, 2.45) is 0 Å². The highest BCUT2D eigenvalue weighted by molar-refractivity contribution is 5.62. The van der Waals surface area contributed by atoms with Gasteiger partial charge < -0.3 is 19.1 Å². The third-order valence-electron chi connectivity index (χ3n) is 4.39. The van der Waals surface area contributed by atoms with Crippen molar-refractivity contribution in [3.63, 3.8) is 0 Å². The Morgan fingerprint density at radius 3 is 2.46 bits per heavy atom. The second-order valence-corrected chi connectivity index (χ2v) is 7.08. The molecule has 1 aliphatic rings. The van der Waals surface area contributed by atoms with Crippen LogP contribution in [-0.4, -0.2) is 21.0 Å². The monoisotopic (exact) mass is 327 g/mol. The minimum Gasteiger partial charge on any atom is -0.497 e. The van der Waals surface area contributed by atoms with Gasteiger partial charge in [0.05, 0.1) is 19.9 Å². The van der Waals surface area contributed by atoms with Crippen LogP contribution in [0.2, 0.25) is 0 Å². The Balaban J connectivity index is 1.95. The van der Waals surface area contributed by atoms with E-state index >= 15 is 0 Å². The number of nitrogens with zero attached hydrogens (tertiary/aromatic N) is 1. The molecule has 3 rings (SSSR count). The zero-order valence-corrected chi connectivity index (χ0v) is 15.1. The summed E-state index contributed by atoms with van der Waals surface area (Å²) in [5.74, 6) is 2.58. The number of hydrogen-bond acceptors (Lipinski definition) is 4. The van der Waals surface area contributed by atoms with E-state index in [0.717, 1.165) is 29.5 Å². The minimum absolute atomic E-state index is 0.116. The average Bonchev–Trinajstić information content (AvgIpc) is 2.59. The normalized spacial score (nSPS) is 14.0. The lowest BCUT2D eigenvalue weighted by atomic mass is 9.86. The Kier molecular flexibility index (Phi) is 4.31.